The average Bonchev–Trinajstić information content (AvgIpc) is 2.49. The summed E-state index contributed by atoms with van der Waals surface area (Å²) in [5.74, 6) is 0. The third-order valence-corrected chi connectivity index (χ3v) is 3.54. The number of ether oxygens (including phenoxy) is 2. The minimum absolute atomic E-state index is 0.171. The van der Waals surface area contributed by atoms with Crippen molar-refractivity contribution >= 4 is 6.09 Å². The zero-order valence-corrected chi connectivity index (χ0v) is 10.3. The van der Waals surface area contributed by atoms with Crippen molar-refractivity contribution in [3.05, 3.63) is 0 Å². The van der Waals surface area contributed by atoms with Crippen LogP contribution in [0.5, 0.6) is 0 Å². The van der Waals surface area contributed by atoms with Gasteiger partial charge in [0.25, 0.3) is 0 Å². The number of piperidine rings is 1. The van der Waals surface area contributed by atoms with E-state index >= 15 is 0 Å². The van der Waals surface area contributed by atoms with Crippen molar-refractivity contribution in [1.29, 1.82) is 0 Å². The lowest BCUT2D eigenvalue weighted by Crippen LogP contribution is -2.48. The van der Waals surface area contributed by atoms with Crippen LogP contribution >= 0.6 is 0 Å². The molecule has 4 nitrogen and oxygen atoms in total. The number of hydrogen-bond donors (Lipinski definition) is 0. The maximum Gasteiger partial charge on any atom is 0.409 e. The third-order valence-electron chi connectivity index (χ3n) is 3.54. The molecule has 0 saturated carbocycles. The van der Waals surface area contributed by atoms with E-state index in [1.54, 1.807) is 0 Å². The summed E-state index contributed by atoms with van der Waals surface area (Å²) in [6.07, 6.45) is 4.53. The van der Waals surface area contributed by atoms with Crippen LogP contribution in [0, 0.1) is 0 Å². The first-order chi connectivity index (χ1) is 7.61. The predicted octanol–water partition coefficient (Wildman–Crippen LogP) is 2.17. The van der Waals surface area contributed by atoms with Gasteiger partial charge in [-0.1, -0.05) is 0 Å². The van der Waals surface area contributed by atoms with Crippen LogP contribution in [0.3, 0.4) is 0 Å². The van der Waals surface area contributed by atoms with Gasteiger partial charge in [0.1, 0.15) is 0 Å². The van der Waals surface area contributed by atoms with Crippen molar-refractivity contribution < 1.29 is 14.3 Å². The maximum atomic E-state index is 11.6. The molecule has 2 aliphatic rings. The molecule has 2 fully saturated rings. The monoisotopic (exact) mass is 227 g/mol. The van der Waals surface area contributed by atoms with Gasteiger partial charge in [-0.05, 0) is 39.5 Å². The number of nitrogens with zero attached hydrogens (tertiary/aromatic N) is 1. The molecule has 2 aliphatic heterocycles. The smallest absolute Gasteiger partial charge is 0.409 e. The molecule has 0 aromatic carbocycles. The summed E-state index contributed by atoms with van der Waals surface area (Å²) in [5.41, 5.74) is 0. The molecule has 16 heavy (non-hydrogen) atoms. The molecule has 0 spiro atoms. The highest BCUT2D eigenvalue weighted by Gasteiger charge is 2.44. The van der Waals surface area contributed by atoms with Crippen LogP contribution in [-0.4, -0.2) is 42.4 Å². The topological polar surface area (TPSA) is 38.8 Å². The van der Waals surface area contributed by atoms with Gasteiger partial charge in [0.2, 0.25) is 0 Å². The molecule has 2 rings (SSSR count). The molecule has 0 radical (unpaired) electrons. The molecule has 0 aliphatic carbocycles. The first kappa shape index (κ1) is 11.7. The molecule has 92 valence electrons. The highest BCUT2D eigenvalue weighted by molar-refractivity contribution is 5.69. The highest BCUT2D eigenvalue weighted by atomic mass is 16.5. The van der Waals surface area contributed by atoms with E-state index in [9.17, 15) is 4.79 Å². The van der Waals surface area contributed by atoms with Crippen LogP contribution in [0.4, 0.5) is 4.79 Å². The Bertz CT molecular complexity index is 253. The van der Waals surface area contributed by atoms with Crippen LogP contribution in [0.1, 0.15) is 39.5 Å². The van der Waals surface area contributed by atoms with E-state index in [-0.39, 0.29) is 12.2 Å². The lowest BCUT2D eigenvalue weighted by Gasteiger charge is -2.38. The summed E-state index contributed by atoms with van der Waals surface area (Å²) in [6.45, 7) is 4.13. The van der Waals surface area contributed by atoms with Crippen LogP contribution < -0.4 is 0 Å². The van der Waals surface area contributed by atoms with E-state index in [0.717, 1.165) is 25.7 Å². The van der Waals surface area contributed by atoms with Crippen molar-refractivity contribution in [2.75, 3.05) is 7.11 Å². The van der Waals surface area contributed by atoms with Crippen LogP contribution in [-0.2, 0) is 9.47 Å². The zero-order valence-electron chi connectivity index (χ0n) is 10.3. The molecule has 2 unspecified atom stereocenters. The molecule has 4 heteroatoms. The predicted molar refractivity (Wildman–Crippen MR) is 60.3 cm³/mol. The van der Waals surface area contributed by atoms with Gasteiger partial charge in [-0.2, -0.15) is 0 Å². The number of amides is 1. The van der Waals surface area contributed by atoms with Crippen molar-refractivity contribution in [3.8, 4) is 0 Å². The van der Waals surface area contributed by atoms with Gasteiger partial charge in [-0.3, -0.25) is 0 Å². The molecule has 0 aromatic rings. The Morgan fingerprint density at radius 2 is 1.81 bits per heavy atom. The zero-order chi connectivity index (χ0) is 11.7. The summed E-state index contributed by atoms with van der Waals surface area (Å²) in [6, 6.07) is 0.657. The largest absolute Gasteiger partial charge is 0.453 e. The number of rotatable bonds is 2. The lowest BCUT2D eigenvalue weighted by molar-refractivity contribution is -0.0439. The Morgan fingerprint density at radius 3 is 2.25 bits per heavy atom. The third kappa shape index (κ3) is 2.17. The first-order valence-corrected chi connectivity index (χ1v) is 6.13. The van der Waals surface area contributed by atoms with Crippen LogP contribution in [0.25, 0.3) is 0 Å². The van der Waals surface area contributed by atoms with Crippen LogP contribution in [0.15, 0.2) is 0 Å². The van der Waals surface area contributed by atoms with Gasteiger partial charge in [0, 0.05) is 12.1 Å². The van der Waals surface area contributed by atoms with Gasteiger partial charge in [-0.15, -0.1) is 0 Å². The number of methoxy groups -OCH3 is 1. The quantitative estimate of drug-likeness (QED) is 0.725. The van der Waals surface area contributed by atoms with Gasteiger partial charge in [0.15, 0.2) is 0 Å². The molecule has 2 saturated heterocycles. The Kier molecular flexibility index (Phi) is 3.38. The van der Waals surface area contributed by atoms with Crippen molar-refractivity contribution in [1.82, 2.24) is 4.90 Å². The molecule has 2 atom stereocenters. The molecule has 2 heterocycles. The molecule has 2 bridgehead atoms. The van der Waals surface area contributed by atoms with E-state index in [4.69, 9.17) is 9.47 Å². The molecular formula is C12H21NO3. The van der Waals surface area contributed by atoms with Gasteiger partial charge >= 0.3 is 6.09 Å². The Labute approximate surface area is 96.9 Å². The number of carbonyl (C=O) groups excluding carboxylic acids is 1. The number of fused-ring (bicyclic) bond motifs is 2. The minimum Gasteiger partial charge on any atom is -0.453 e. The average molecular weight is 227 g/mol. The van der Waals surface area contributed by atoms with E-state index in [1.807, 2.05) is 4.90 Å². The van der Waals surface area contributed by atoms with E-state index in [2.05, 4.69) is 13.8 Å². The normalized spacial score (nSPS) is 33.2. The minimum atomic E-state index is -0.171. The van der Waals surface area contributed by atoms with Crippen molar-refractivity contribution in [2.24, 2.45) is 0 Å². The fourth-order valence-corrected chi connectivity index (χ4v) is 3.03. The molecule has 0 aromatic heterocycles. The Morgan fingerprint density at radius 1 is 1.25 bits per heavy atom. The van der Waals surface area contributed by atoms with Gasteiger partial charge in [0.05, 0.1) is 19.3 Å². The first-order valence-electron chi connectivity index (χ1n) is 6.13. The number of hydrogen-bond acceptors (Lipinski definition) is 3. The van der Waals surface area contributed by atoms with Crippen molar-refractivity contribution in [2.45, 2.75) is 63.8 Å². The number of carbonyl (C=O) groups is 1. The van der Waals surface area contributed by atoms with Gasteiger partial charge < -0.3 is 14.4 Å². The summed E-state index contributed by atoms with van der Waals surface area (Å²) in [7, 11) is 1.46. The maximum absolute atomic E-state index is 11.6. The van der Waals surface area contributed by atoms with Gasteiger partial charge in [-0.25, -0.2) is 4.79 Å². The second kappa shape index (κ2) is 4.62. The van der Waals surface area contributed by atoms with E-state index in [0.29, 0.717) is 18.2 Å². The SMILES string of the molecule is COC(=O)N1C2CCC1CC(OC(C)C)C2. The standard InChI is InChI=1S/C12H21NO3/c1-8(2)16-11-6-9-4-5-10(7-11)13(9)12(14)15-3/h8-11H,4-7H2,1-3H3. The van der Waals surface area contributed by atoms with Crippen molar-refractivity contribution in [3.63, 3.8) is 0 Å². The highest BCUT2D eigenvalue weighted by Crippen LogP contribution is 2.37. The molecule has 1 amide bonds. The second-order valence-corrected chi connectivity index (χ2v) is 5.04. The summed E-state index contributed by atoms with van der Waals surface area (Å²) >= 11 is 0. The van der Waals surface area contributed by atoms with E-state index in [1.165, 1.54) is 7.11 Å². The summed E-state index contributed by atoms with van der Waals surface area (Å²) in [5, 5.41) is 0. The summed E-state index contributed by atoms with van der Waals surface area (Å²) < 4.78 is 10.7. The van der Waals surface area contributed by atoms with E-state index < -0.39 is 0 Å². The molecule has 0 N–H and O–H groups in total. The summed E-state index contributed by atoms with van der Waals surface area (Å²) in [4.78, 5) is 13.5. The lowest BCUT2D eigenvalue weighted by atomic mass is 10.00. The Balaban J connectivity index is 1.98. The van der Waals surface area contributed by atoms with Crippen LogP contribution in [0.2, 0.25) is 0 Å². The fraction of sp³-hybridized carbons (Fsp3) is 0.917. The fourth-order valence-electron chi connectivity index (χ4n) is 3.03. The Hall–Kier alpha value is -0.770. The molecular weight excluding hydrogens is 206 g/mol. The second-order valence-electron chi connectivity index (χ2n) is 5.04.